The van der Waals surface area contributed by atoms with E-state index in [-0.39, 0.29) is 17.6 Å². The molecule has 0 amide bonds. The molecule has 1 atom stereocenters. The van der Waals surface area contributed by atoms with E-state index in [0.29, 0.717) is 16.3 Å². The second kappa shape index (κ2) is 5.14. The predicted molar refractivity (Wildman–Crippen MR) is 69.7 cm³/mol. The Bertz CT molecular complexity index is 520. The Morgan fingerprint density at radius 3 is 2.59 bits per heavy atom. The number of carbonyl (C=O) groups excluding carboxylic acids is 1. The third kappa shape index (κ3) is 4.08. The standard InChI is InChI=1S/C10H16N2O3S2/c1-6(5-17(4,14)15)11-10-9(8(3)13)7(2)12-16-10/h6,11H,5H2,1-4H3. The normalized spacial score (nSPS) is 13.4. The number of hydrogen-bond donors (Lipinski definition) is 1. The molecule has 0 fully saturated rings. The van der Waals surface area contributed by atoms with Crippen molar-refractivity contribution in [3.8, 4) is 0 Å². The number of nitrogens with one attached hydrogen (secondary N) is 1. The van der Waals surface area contributed by atoms with Gasteiger partial charge < -0.3 is 5.32 Å². The Balaban J connectivity index is 2.86. The highest BCUT2D eigenvalue weighted by atomic mass is 32.2. The van der Waals surface area contributed by atoms with Crippen molar-refractivity contribution in [1.29, 1.82) is 0 Å². The lowest BCUT2D eigenvalue weighted by Gasteiger charge is -2.13. The van der Waals surface area contributed by atoms with E-state index in [1.54, 1.807) is 13.8 Å². The Labute approximate surface area is 105 Å². The molecule has 17 heavy (non-hydrogen) atoms. The Kier molecular flexibility index (Phi) is 4.26. The van der Waals surface area contributed by atoms with Crippen LogP contribution < -0.4 is 5.32 Å². The van der Waals surface area contributed by atoms with Crippen LogP contribution in [0, 0.1) is 6.92 Å². The van der Waals surface area contributed by atoms with Crippen LogP contribution in [-0.4, -0.2) is 36.6 Å². The predicted octanol–water partition coefficient (Wildman–Crippen LogP) is 1.50. The van der Waals surface area contributed by atoms with Crippen molar-refractivity contribution in [1.82, 2.24) is 4.37 Å². The van der Waals surface area contributed by atoms with E-state index in [9.17, 15) is 13.2 Å². The quantitative estimate of drug-likeness (QED) is 0.825. The average molecular weight is 276 g/mol. The van der Waals surface area contributed by atoms with Crippen LogP contribution >= 0.6 is 11.5 Å². The summed E-state index contributed by atoms with van der Waals surface area (Å²) in [5.74, 6) is -0.0355. The smallest absolute Gasteiger partial charge is 0.164 e. The first-order valence-electron chi connectivity index (χ1n) is 5.12. The van der Waals surface area contributed by atoms with Gasteiger partial charge in [-0.15, -0.1) is 0 Å². The number of aromatic nitrogens is 1. The van der Waals surface area contributed by atoms with Crippen molar-refractivity contribution in [2.75, 3.05) is 17.3 Å². The van der Waals surface area contributed by atoms with Crippen LogP contribution in [0.4, 0.5) is 5.00 Å². The highest BCUT2D eigenvalue weighted by Gasteiger charge is 2.18. The summed E-state index contributed by atoms with van der Waals surface area (Å²) in [6.07, 6.45) is 1.19. The van der Waals surface area contributed by atoms with Gasteiger partial charge in [0.2, 0.25) is 0 Å². The van der Waals surface area contributed by atoms with Crippen molar-refractivity contribution in [3.63, 3.8) is 0 Å². The lowest BCUT2D eigenvalue weighted by Crippen LogP contribution is -2.25. The molecular formula is C10H16N2O3S2. The van der Waals surface area contributed by atoms with Crippen LogP contribution in [0.1, 0.15) is 29.9 Å². The zero-order valence-electron chi connectivity index (χ0n) is 10.3. The SMILES string of the molecule is CC(=O)c1c(C)nsc1NC(C)CS(C)(=O)=O. The average Bonchev–Trinajstić information content (AvgIpc) is 2.42. The molecule has 0 saturated heterocycles. The number of sulfone groups is 1. The number of anilines is 1. The lowest BCUT2D eigenvalue weighted by atomic mass is 10.2. The summed E-state index contributed by atoms with van der Waals surface area (Å²) in [5, 5.41) is 3.67. The highest BCUT2D eigenvalue weighted by Crippen LogP contribution is 2.25. The Morgan fingerprint density at radius 1 is 1.53 bits per heavy atom. The van der Waals surface area contributed by atoms with Gasteiger partial charge in [0.1, 0.15) is 14.8 Å². The van der Waals surface area contributed by atoms with Gasteiger partial charge in [0.05, 0.1) is 17.0 Å². The van der Waals surface area contributed by atoms with E-state index in [1.807, 2.05) is 0 Å². The van der Waals surface area contributed by atoms with Gasteiger partial charge in [-0.05, 0) is 32.3 Å². The molecule has 7 heteroatoms. The van der Waals surface area contributed by atoms with Gasteiger partial charge in [-0.1, -0.05) is 0 Å². The van der Waals surface area contributed by atoms with E-state index in [4.69, 9.17) is 0 Å². The lowest BCUT2D eigenvalue weighted by molar-refractivity contribution is 0.101. The number of aryl methyl sites for hydroxylation is 1. The fourth-order valence-electron chi connectivity index (χ4n) is 1.60. The second-order valence-corrected chi connectivity index (χ2v) is 7.12. The monoisotopic (exact) mass is 276 g/mol. The number of Topliss-reactive ketones (excluding diaryl/α,β-unsaturated/α-hetero) is 1. The summed E-state index contributed by atoms with van der Waals surface area (Å²) in [6.45, 7) is 5.00. The van der Waals surface area contributed by atoms with E-state index in [2.05, 4.69) is 9.69 Å². The molecule has 0 aromatic carbocycles. The van der Waals surface area contributed by atoms with Crippen molar-refractivity contribution in [2.24, 2.45) is 0 Å². The molecule has 5 nitrogen and oxygen atoms in total. The van der Waals surface area contributed by atoms with Crippen molar-refractivity contribution in [2.45, 2.75) is 26.8 Å². The van der Waals surface area contributed by atoms with E-state index in [1.165, 1.54) is 24.7 Å². The van der Waals surface area contributed by atoms with Crippen LogP contribution in [0.15, 0.2) is 0 Å². The second-order valence-electron chi connectivity index (χ2n) is 4.17. The fourth-order valence-corrected chi connectivity index (χ4v) is 3.55. The first-order chi connectivity index (χ1) is 7.70. The summed E-state index contributed by atoms with van der Waals surface area (Å²) in [7, 11) is -3.03. The zero-order chi connectivity index (χ0) is 13.2. The van der Waals surface area contributed by atoms with Crippen LogP contribution in [0.2, 0.25) is 0 Å². The maximum Gasteiger partial charge on any atom is 0.164 e. The van der Waals surface area contributed by atoms with E-state index >= 15 is 0 Å². The number of carbonyl (C=O) groups is 1. The minimum Gasteiger partial charge on any atom is -0.372 e. The maximum atomic E-state index is 11.4. The largest absolute Gasteiger partial charge is 0.372 e. The third-order valence-electron chi connectivity index (χ3n) is 2.15. The molecule has 1 heterocycles. The summed E-state index contributed by atoms with van der Waals surface area (Å²) >= 11 is 1.18. The number of nitrogens with zero attached hydrogens (tertiary/aromatic N) is 1. The molecule has 1 N–H and O–H groups in total. The van der Waals surface area contributed by atoms with Gasteiger partial charge in [0.25, 0.3) is 0 Å². The molecule has 1 aromatic rings. The van der Waals surface area contributed by atoms with Crippen molar-refractivity contribution in [3.05, 3.63) is 11.3 Å². The van der Waals surface area contributed by atoms with Crippen molar-refractivity contribution >= 4 is 32.2 Å². The minimum atomic E-state index is -3.03. The van der Waals surface area contributed by atoms with E-state index in [0.717, 1.165) is 0 Å². The van der Waals surface area contributed by atoms with Gasteiger partial charge in [0, 0.05) is 12.3 Å². The topological polar surface area (TPSA) is 76.1 Å². The molecule has 1 unspecified atom stereocenters. The number of ketones is 1. The van der Waals surface area contributed by atoms with Gasteiger partial charge in [-0.25, -0.2) is 8.42 Å². The summed E-state index contributed by atoms with van der Waals surface area (Å²) in [6, 6.07) is -0.247. The summed E-state index contributed by atoms with van der Waals surface area (Å²) in [5.41, 5.74) is 1.23. The molecule has 0 saturated carbocycles. The van der Waals surface area contributed by atoms with Gasteiger partial charge in [-0.2, -0.15) is 4.37 Å². The van der Waals surface area contributed by atoms with Gasteiger partial charge in [-0.3, -0.25) is 4.79 Å². The molecule has 0 aliphatic carbocycles. The molecular weight excluding hydrogens is 260 g/mol. The molecule has 1 aromatic heterocycles. The first kappa shape index (κ1) is 14.1. The highest BCUT2D eigenvalue weighted by molar-refractivity contribution is 7.90. The molecule has 0 spiro atoms. The minimum absolute atomic E-state index is 0.0291. The molecule has 0 aliphatic rings. The molecule has 0 radical (unpaired) electrons. The van der Waals surface area contributed by atoms with Crippen LogP contribution in [0.5, 0.6) is 0 Å². The molecule has 96 valence electrons. The molecule has 0 aliphatic heterocycles. The van der Waals surface area contributed by atoms with Gasteiger partial charge >= 0.3 is 0 Å². The Hall–Kier alpha value is -0.950. The van der Waals surface area contributed by atoms with Crippen molar-refractivity contribution < 1.29 is 13.2 Å². The Morgan fingerprint density at radius 2 is 2.12 bits per heavy atom. The van der Waals surface area contributed by atoms with Crippen LogP contribution in [-0.2, 0) is 9.84 Å². The maximum absolute atomic E-state index is 11.4. The zero-order valence-corrected chi connectivity index (χ0v) is 11.9. The molecule has 0 bridgehead atoms. The van der Waals surface area contributed by atoms with Crippen LogP contribution in [0.3, 0.4) is 0 Å². The first-order valence-corrected chi connectivity index (χ1v) is 7.95. The van der Waals surface area contributed by atoms with Crippen LogP contribution in [0.25, 0.3) is 0 Å². The number of rotatable bonds is 5. The third-order valence-corrected chi connectivity index (χ3v) is 4.12. The summed E-state index contributed by atoms with van der Waals surface area (Å²) < 4.78 is 26.4. The molecule has 1 rings (SSSR count). The van der Waals surface area contributed by atoms with Gasteiger partial charge in [0.15, 0.2) is 5.78 Å². The fraction of sp³-hybridized carbons (Fsp3) is 0.600. The van der Waals surface area contributed by atoms with E-state index < -0.39 is 9.84 Å². The number of hydrogen-bond acceptors (Lipinski definition) is 6. The summed E-state index contributed by atoms with van der Waals surface area (Å²) in [4.78, 5) is 11.4.